The third-order valence-corrected chi connectivity index (χ3v) is 9.70. The SMILES string of the molecule is COc1ccc(N2CC=C[C@@]34O[C@H]5/C=C\CCC(=O)OC[C@H](c6ccccc6)NC(=O)[C@H]5[C@@H]3C(=O)N([C@@H](CO)C(C)C)[C@H]4C2=O)cc1. The van der Waals surface area contributed by atoms with Gasteiger partial charge in [-0.2, -0.15) is 0 Å². The highest BCUT2D eigenvalue weighted by molar-refractivity contribution is 6.06. The summed E-state index contributed by atoms with van der Waals surface area (Å²) in [5.41, 5.74) is -0.150. The third-order valence-electron chi connectivity index (χ3n) is 9.70. The van der Waals surface area contributed by atoms with E-state index in [4.69, 9.17) is 14.2 Å². The van der Waals surface area contributed by atoms with Crippen LogP contribution in [0.4, 0.5) is 5.69 Å². The number of carbonyl (C=O) groups is 4. The summed E-state index contributed by atoms with van der Waals surface area (Å²) in [6.45, 7) is 3.52. The fourth-order valence-corrected chi connectivity index (χ4v) is 7.35. The number of nitrogens with one attached hydrogen (secondary N) is 1. The maximum Gasteiger partial charge on any atom is 0.306 e. The topological polar surface area (TPSA) is 135 Å². The lowest BCUT2D eigenvalue weighted by Gasteiger charge is -2.39. The molecule has 47 heavy (non-hydrogen) atoms. The number of amides is 3. The van der Waals surface area contributed by atoms with Crippen molar-refractivity contribution in [2.45, 2.75) is 56.5 Å². The first kappa shape index (κ1) is 32.5. The molecule has 248 valence electrons. The van der Waals surface area contributed by atoms with E-state index in [2.05, 4.69) is 5.32 Å². The smallest absolute Gasteiger partial charge is 0.306 e. The largest absolute Gasteiger partial charge is 0.497 e. The fraction of sp³-hybridized carbons (Fsp3) is 0.444. The Labute approximate surface area is 274 Å². The van der Waals surface area contributed by atoms with Crippen molar-refractivity contribution in [3.8, 4) is 5.75 Å². The van der Waals surface area contributed by atoms with Crippen LogP contribution < -0.4 is 15.0 Å². The van der Waals surface area contributed by atoms with E-state index in [-0.39, 0.29) is 38.0 Å². The molecule has 0 radical (unpaired) electrons. The Morgan fingerprint density at radius 2 is 1.77 bits per heavy atom. The number of methoxy groups -OCH3 is 1. The van der Waals surface area contributed by atoms with Gasteiger partial charge in [-0.25, -0.2) is 0 Å². The molecule has 6 rings (SSSR count). The standard InChI is InChI=1S/C36H41N3O8/c1-22(2)27(20-40)39-32-35(44)38(24-14-16-25(45-3)17-15-24)19-9-18-36(32)31(34(39)43)30-28(47-36)12-7-8-13-29(41)46-21-26(37-33(30)42)23-10-5-4-6-11-23/h4-7,9-12,14-18,22,26-28,30-32,40H,8,13,19-21H2,1-3H3,(H,37,42)/b12-7-/t26-,27+,28+,30-,31-,32+,36-/m1/s1. The van der Waals surface area contributed by atoms with Crippen molar-refractivity contribution < 1.29 is 38.5 Å². The molecule has 4 aliphatic heterocycles. The van der Waals surface area contributed by atoms with E-state index in [1.807, 2.05) is 50.3 Å². The predicted octanol–water partition coefficient (Wildman–Crippen LogP) is 2.95. The number of esters is 1. The monoisotopic (exact) mass is 643 g/mol. The minimum Gasteiger partial charge on any atom is -0.497 e. The van der Waals surface area contributed by atoms with Gasteiger partial charge in [-0.1, -0.05) is 68.5 Å². The van der Waals surface area contributed by atoms with Gasteiger partial charge in [0.1, 0.15) is 24.0 Å². The lowest BCUT2D eigenvalue weighted by atomic mass is 9.77. The number of allylic oxidation sites excluding steroid dienone is 1. The molecular weight excluding hydrogens is 602 g/mol. The van der Waals surface area contributed by atoms with Crippen molar-refractivity contribution in [1.82, 2.24) is 10.2 Å². The van der Waals surface area contributed by atoms with Crippen LogP contribution in [0.2, 0.25) is 0 Å². The highest BCUT2D eigenvalue weighted by Gasteiger charge is 2.72. The number of aliphatic hydroxyl groups is 1. The summed E-state index contributed by atoms with van der Waals surface area (Å²) >= 11 is 0. The molecule has 0 aliphatic carbocycles. The van der Waals surface area contributed by atoms with Gasteiger partial charge in [-0.3, -0.25) is 19.2 Å². The number of likely N-dealkylation sites (tertiary alicyclic amines) is 1. The summed E-state index contributed by atoms with van der Waals surface area (Å²) in [6.07, 6.45) is 6.67. The second-order valence-corrected chi connectivity index (χ2v) is 12.8. The quantitative estimate of drug-likeness (QED) is 0.363. The van der Waals surface area contributed by atoms with Crippen LogP contribution in [0.25, 0.3) is 0 Å². The molecule has 2 fully saturated rings. The molecule has 1 spiro atoms. The van der Waals surface area contributed by atoms with E-state index in [0.29, 0.717) is 17.9 Å². The zero-order valence-corrected chi connectivity index (χ0v) is 26.8. The van der Waals surface area contributed by atoms with Crippen LogP contribution in [0, 0.1) is 17.8 Å². The van der Waals surface area contributed by atoms with E-state index >= 15 is 0 Å². The first-order valence-corrected chi connectivity index (χ1v) is 16.1. The molecule has 0 aromatic heterocycles. The van der Waals surface area contributed by atoms with Gasteiger partial charge in [0.25, 0.3) is 5.91 Å². The maximum absolute atomic E-state index is 14.7. The normalized spacial score (nSPS) is 30.7. The van der Waals surface area contributed by atoms with Gasteiger partial charge in [0.05, 0.1) is 43.7 Å². The second-order valence-electron chi connectivity index (χ2n) is 12.8. The second kappa shape index (κ2) is 13.3. The van der Waals surface area contributed by atoms with Crippen LogP contribution in [0.5, 0.6) is 5.75 Å². The molecule has 0 bridgehead atoms. The molecule has 3 amide bonds. The van der Waals surface area contributed by atoms with Crippen molar-refractivity contribution in [2.24, 2.45) is 17.8 Å². The lowest BCUT2D eigenvalue weighted by Crippen LogP contribution is -2.59. The van der Waals surface area contributed by atoms with Crippen LogP contribution >= 0.6 is 0 Å². The molecule has 4 heterocycles. The minimum absolute atomic E-state index is 0.0792. The Kier molecular flexibility index (Phi) is 9.20. The molecule has 2 aromatic rings. The Morgan fingerprint density at radius 3 is 2.45 bits per heavy atom. The van der Waals surface area contributed by atoms with Crippen molar-refractivity contribution in [1.29, 1.82) is 0 Å². The van der Waals surface area contributed by atoms with Crippen molar-refractivity contribution in [3.63, 3.8) is 0 Å². The molecule has 2 N–H and O–H groups in total. The molecule has 11 nitrogen and oxygen atoms in total. The number of rotatable bonds is 6. The summed E-state index contributed by atoms with van der Waals surface area (Å²) in [5, 5.41) is 13.6. The van der Waals surface area contributed by atoms with Crippen molar-refractivity contribution in [3.05, 3.63) is 84.5 Å². The summed E-state index contributed by atoms with van der Waals surface area (Å²) in [7, 11) is 1.56. The van der Waals surface area contributed by atoms with E-state index in [9.17, 15) is 24.3 Å². The number of benzene rings is 2. The van der Waals surface area contributed by atoms with E-state index in [1.165, 1.54) is 4.90 Å². The minimum atomic E-state index is -1.50. The fourth-order valence-electron chi connectivity index (χ4n) is 7.35. The van der Waals surface area contributed by atoms with Gasteiger partial charge in [0, 0.05) is 18.7 Å². The number of hydrogen-bond donors (Lipinski definition) is 2. The van der Waals surface area contributed by atoms with Gasteiger partial charge < -0.3 is 34.4 Å². The van der Waals surface area contributed by atoms with Crippen molar-refractivity contribution in [2.75, 3.05) is 31.8 Å². The highest BCUT2D eigenvalue weighted by Crippen LogP contribution is 2.54. The van der Waals surface area contributed by atoms with Gasteiger partial charge in [0.2, 0.25) is 11.8 Å². The number of cyclic esters (lactones) is 1. The summed E-state index contributed by atoms with van der Waals surface area (Å²) in [5.74, 6) is -3.29. The molecule has 2 saturated heterocycles. The van der Waals surface area contributed by atoms with Gasteiger partial charge >= 0.3 is 5.97 Å². The molecule has 0 saturated carbocycles. The Bertz CT molecular complexity index is 1560. The summed E-state index contributed by atoms with van der Waals surface area (Å²) < 4.78 is 17.6. The van der Waals surface area contributed by atoms with Crippen LogP contribution in [0.3, 0.4) is 0 Å². The number of carbonyl (C=O) groups excluding carboxylic acids is 4. The lowest BCUT2D eigenvalue weighted by molar-refractivity contribution is -0.147. The number of hydrogen-bond acceptors (Lipinski definition) is 8. The van der Waals surface area contributed by atoms with Crippen LogP contribution in [-0.4, -0.2) is 84.4 Å². The number of anilines is 1. The first-order chi connectivity index (χ1) is 22.7. The first-order valence-electron chi connectivity index (χ1n) is 16.1. The molecule has 7 atom stereocenters. The zero-order valence-electron chi connectivity index (χ0n) is 26.8. The molecule has 11 heteroatoms. The van der Waals surface area contributed by atoms with E-state index < -0.39 is 59.5 Å². The van der Waals surface area contributed by atoms with Crippen LogP contribution in [0.15, 0.2) is 78.9 Å². The highest BCUT2D eigenvalue weighted by atomic mass is 16.5. The van der Waals surface area contributed by atoms with Crippen LogP contribution in [-0.2, 0) is 28.7 Å². The summed E-state index contributed by atoms with van der Waals surface area (Å²) in [6, 6.07) is 13.7. The Hall–Kier alpha value is -4.48. The molecular formula is C36H41N3O8. The number of fused-ring (bicyclic) bond motifs is 2. The number of nitrogens with zero attached hydrogens (tertiary/aromatic N) is 2. The van der Waals surface area contributed by atoms with Crippen molar-refractivity contribution >= 4 is 29.4 Å². The van der Waals surface area contributed by atoms with Gasteiger partial charge in [-0.05, 0) is 42.2 Å². The Morgan fingerprint density at radius 1 is 1.02 bits per heavy atom. The molecule has 4 aliphatic rings. The molecule has 2 aromatic carbocycles. The van der Waals surface area contributed by atoms with E-state index in [0.717, 1.165) is 5.56 Å². The van der Waals surface area contributed by atoms with Crippen LogP contribution in [0.1, 0.15) is 38.3 Å². The van der Waals surface area contributed by atoms with Gasteiger partial charge in [0.15, 0.2) is 0 Å². The average molecular weight is 644 g/mol. The Balaban J connectivity index is 1.45. The third kappa shape index (κ3) is 5.82. The maximum atomic E-state index is 14.7. The number of ether oxygens (including phenoxy) is 3. The predicted molar refractivity (Wildman–Crippen MR) is 172 cm³/mol. The van der Waals surface area contributed by atoms with E-state index in [1.54, 1.807) is 54.5 Å². The number of aliphatic hydroxyl groups excluding tert-OH is 1. The summed E-state index contributed by atoms with van der Waals surface area (Å²) in [4.78, 5) is 59.4. The van der Waals surface area contributed by atoms with Gasteiger partial charge in [-0.15, -0.1) is 0 Å². The molecule has 0 unspecified atom stereocenters. The average Bonchev–Trinajstić information content (AvgIpc) is 3.46. The zero-order chi connectivity index (χ0) is 33.3.